The van der Waals surface area contributed by atoms with Crippen molar-refractivity contribution < 1.29 is 19.4 Å². The van der Waals surface area contributed by atoms with Crippen molar-refractivity contribution in [3.63, 3.8) is 0 Å². The van der Waals surface area contributed by atoms with Gasteiger partial charge in [0.05, 0.1) is 6.61 Å². The molecule has 1 fully saturated rings. The first-order chi connectivity index (χ1) is 9.18. The van der Waals surface area contributed by atoms with E-state index in [1.807, 2.05) is 30.3 Å². The Morgan fingerprint density at radius 1 is 1.37 bits per heavy atom. The summed E-state index contributed by atoms with van der Waals surface area (Å²) in [5, 5.41) is 9.27. The molecule has 0 saturated carbocycles. The Labute approximate surface area is 111 Å². The number of amides is 1. The molecular formula is C14H17NO4. The molecule has 1 aromatic carbocycles. The first-order valence-corrected chi connectivity index (χ1v) is 6.38. The van der Waals surface area contributed by atoms with E-state index in [1.54, 1.807) is 0 Å². The summed E-state index contributed by atoms with van der Waals surface area (Å²) >= 11 is 0. The molecule has 1 heterocycles. The maximum Gasteiger partial charge on any atom is 0.410 e. The third-order valence-electron chi connectivity index (χ3n) is 3.21. The predicted octanol–water partition coefficient (Wildman–Crippen LogP) is 1.91. The molecule has 1 unspecified atom stereocenters. The molecule has 0 spiro atoms. The quantitative estimate of drug-likeness (QED) is 0.881. The lowest BCUT2D eigenvalue weighted by atomic mass is 10.0. The number of carbonyl (C=O) groups is 2. The molecule has 2 rings (SSSR count). The molecule has 1 N–H and O–H groups in total. The third-order valence-corrected chi connectivity index (χ3v) is 3.21. The number of ether oxygens (including phenoxy) is 1. The maximum atomic E-state index is 11.6. The SMILES string of the molecule is O=C(O)C(CCc1ccccc1)N1CCCOC1=O. The van der Waals surface area contributed by atoms with E-state index >= 15 is 0 Å². The molecule has 1 amide bonds. The number of carbonyl (C=O) groups excluding carboxylic acids is 1. The minimum atomic E-state index is -0.977. The zero-order chi connectivity index (χ0) is 13.7. The van der Waals surface area contributed by atoms with E-state index in [-0.39, 0.29) is 0 Å². The fraction of sp³-hybridized carbons (Fsp3) is 0.429. The van der Waals surface area contributed by atoms with Crippen molar-refractivity contribution in [1.29, 1.82) is 0 Å². The Morgan fingerprint density at radius 2 is 2.11 bits per heavy atom. The summed E-state index contributed by atoms with van der Waals surface area (Å²) in [6.07, 6.45) is 1.18. The lowest BCUT2D eigenvalue weighted by Crippen LogP contribution is -2.48. The van der Waals surface area contributed by atoms with Crippen LogP contribution in [-0.2, 0) is 16.0 Å². The highest BCUT2D eigenvalue weighted by Crippen LogP contribution is 2.15. The van der Waals surface area contributed by atoms with Gasteiger partial charge in [0, 0.05) is 6.54 Å². The first-order valence-electron chi connectivity index (χ1n) is 6.38. The van der Waals surface area contributed by atoms with Crippen molar-refractivity contribution in [2.45, 2.75) is 25.3 Å². The van der Waals surface area contributed by atoms with E-state index in [1.165, 1.54) is 4.90 Å². The van der Waals surface area contributed by atoms with Crippen LogP contribution >= 0.6 is 0 Å². The Bertz CT molecular complexity index is 446. The number of hydrogen-bond acceptors (Lipinski definition) is 3. The van der Waals surface area contributed by atoms with Crippen LogP contribution in [-0.4, -0.2) is 41.3 Å². The number of carboxylic acids is 1. The smallest absolute Gasteiger partial charge is 0.410 e. The van der Waals surface area contributed by atoms with Crippen molar-refractivity contribution in [2.24, 2.45) is 0 Å². The van der Waals surface area contributed by atoms with Crippen molar-refractivity contribution in [1.82, 2.24) is 4.90 Å². The Hall–Kier alpha value is -2.04. The van der Waals surface area contributed by atoms with Gasteiger partial charge in [-0.1, -0.05) is 30.3 Å². The average Bonchev–Trinajstić information content (AvgIpc) is 2.42. The van der Waals surface area contributed by atoms with Crippen LogP contribution in [0.3, 0.4) is 0 Å². The summed E-state index contributed by atoms with van der Waals surface area (Å²) in [5.74, 6) is -0.977. The van der Waals surface area contributed by atoms with Gasteiger partial charge in [0.15, 0.2) is 0 Å². The molecule has 0 radical (unpaired) electrons. The average molecular weight is 263 g/mol. The van der Waals surface area contributed by atoms with Crippen molar-refractivity contribution in [3.05, 3.63) is 35.9 Å². The normalized spacial score (nSPS) is 16.8. The highest BCUT2D eigenvalue weighted by Gasteiger charge is 2.32. The zero-order valence-electron chi connectivity index (χ0n) is 10.6. The topological polar surface area (TPSA) is 66.8 Å². The fourth-order valence-corrected chi connectivity index (χ4v) is 2.21. The van der Waals surface area contributed by atoms with Gasteiger partial charge in [0.25, 0.3) is 0 Å². The van der Waals surface area contributed by atoms with Crippen molar-refractivity contribution in [3.8, 4) is 0 Å². The number of rotatable bonds is 5. The summed E-state index contributed by atoms with van der Waals surface area (Å²) in [7, 11) is 0. The molecule has 1 aromatic rings. The minimum Gasteiger partial charge on any atom is -0.480 e. The number of carboxylic acid groups (broad SMARTS) is 1. The number of nitrogens with zero attached hydrogens (tertiary/aromatic N) is 1. The number of benzene rings is 1. The summed E-state index contributed by atoms with van der Waals surface area (Å²) < 4.78 is 4.90. The fourth-order valence-electron chi connectivity index (χ4n) is 2.21. The molecule has 1 aliphatic heterocycles. The van der Waals surface area contributed by atoms with Crippen LogP contribution in [0.5, 0.6) is 0 Å². The highest BCUT2D eigenvalue weighted by atomic mass is 16.6. The molecule has 1 saturated heterocycles. The van der Waals surface area contributed by atoms with Crippen LogP contribution in [0.2, 0.25) is 0 Å². The Balaban J connectivity index is 2.00. The first kappa shape index (κ1) is 13.4. The minimum absolute atomic E-state index is 0.375. The summed E-state index contributed by atoms with van der Waals surface area (Å²) in [5.41, 5.74) is 1.07. The number of aliphatic carboxylic acids is 1. The Morgan fingerprint density at radius 3 is 2.74 bits per heavy atom. The van der Waals surface area contributed by atoms with E-state index in [0.717, 1.165) is 5.56 Å². The van der Waals surface area contributed by atoms with E-state index in [0.29, 0.717) is 32.4 Å². The summed E-state index contributed by atoms with van der Waals surface area (Å²) in [6.45, 7) is 0.824. The lowest BCUT2D eigenvalue weighted by molar-refractivity contribution is -0.143. The standard InChI is InChI=1S/C14H17NO4/c16-13(17)12(15-9-4-10-19-14(15)18)8-7-11-5-2-1-3-6-11/h1-3,5-6,12H,4,7-10H2,(H,16,17). The van der Waals surface area contributed by atoms with E-state index < -0.39 is 18.1 Å². The molecule has 5 heteroatoms. The van der Waals surface area contributed by atoms with Gasteiger partial charge < -0.3 is 9.84 Å². The van der Waals surface area contributed by atoms with Gasteiger partial charge in [-0.3, -0.25) is 4.90 Å². The van der Waals surface area contributed by atoms with Crippen LogP contribution in [0.1, 0.15) is 18.4 Å². The summed E-state index contributed by atoms with van der Waals surface area (Å²) in [4.78, 5) is 24.2. The molecule has 102 valence electrons. The molecule has 0 aliphatic carbocycles. The zero-order valence-corrected chi connectivity index (χ0v) is 10.6. The van der Waals surface area contributed by atoms with Crippen LogP contribution in [0.25, 0.3) is 0 Å². The van der Waals surface area contributed by atoms with Crippen LogP contribution in [0, 0.1) is 0 Å². The van der Waals surface area contributed by atoms with Crippen LogP contribution in [0.4, 0.5) is 4.79 Å². The van der Waals surface area contributed by atoms with Gasteiger partial charge in [-0.2, -0.15) is 0 Å². The molecular weight excluding hydrogens is 246 g/mol. The van der Waals surface area contributed by atoms with Crippen LogP contribution in [0.15, 0.2) is 30.3 Å². The molecule has 1 aliphatic rings. The lowest BCUT2D eigenvalue weighted by Gasteiger charge is -2.31. The van der Waals surface area contributed by atoms with Gasteiger partial charge in [-0.15, -0.1) is 0 Å². The van der Waals surface area contributed by atoms with E-state index in [9.17, 15) is 14.7 Å². The predicted molar refractivity (Wildman–Crippen MR) is 68.9 cm³/mol. The van der Waals surface area contributed by atoms with Gasteiger partial charge >= 0.3 is 12.1 Å². The maximum absolute atomic E-state index is 11.6. The third kappa shape index (κ3) is 3.47. The second kappa shape index (κ2) is 6.22. The second-order valence-corrected chi connectivity index (χ2v) is 4.54. The number of cyclic esters (lactones) is 1. The van der Waals surface area contributed by atoms with Crippen molar-refractivity contribution in [2.75, 3.05) is 13.2 Å². The molecule has 5 nitrogen and oxygen atoms in total. The number of hydrogen-bond donors (Lipinski definition) is 1. The van der Waals surface area contributed by atoms with Gasteiger partial charge in [0.2, 0.25) is 0 Å². The van der Waals surface area contributed by atoms with Gasteiger partial charge in [-0.25, -0.2) is 9.59 Å². The van der Waals surface area contributed by atoms with Crippen molar-refractivity contribution >= 4 is 12.1 Å². The van der Waals surface area contributed by atoms with Gasteiger partial charge in [0.1, 0.15) is 6.04 Å². The molecule has 19 heavy (non-hydrogen) atoms. The van der Waals surface area contributed by atoms with E-state index in [4.69, 9.17) is 4.74 Å². The second-order valence-electron chi connectivity index (χ2n) is 4.54. The van der Waals surface area contributed by atoms with E-state index in [2.05, 4.69) is 0 Å². The Kier molecular flexibility index (Phi) is 4.39. The molecule has 1 atom stereocenters. The number of aryl methyl sites for hydroxylation is 1. The van der Waals surface area contributed by atoms with Crippen LogP contribution < -0.4 is 0 Å². The highest BCUT2D eigenvalue weighted by molar-refractivity contribution is 5.80. The van der Waals surface area contributed by atoms with Gasteiger partial charge in [-0.05, 0) is 24.8 Å². The monoisotopic (exact) mass is 263 g/mol. The molecule has 0 bridgehead atoms. The largest absolute Gasteiger partial charge is 0.480 e. The molecule has 0 aromatic heterocycles. The summed E-state index contributed by atoms with van der Waals surface area (Å²) in [6, 6.07) is 8.84.